The number of nitrogens with zero attached hydrogens (tertiary/aromatic N) is 4. The summed E-state index contributed by atoms with van der Waals surface area (Å²) in [6, 6.07) is 23.9. The Balaban J connectivity index is 1.79. The number of aliphatic hydroxyl groups excluding tert-OH is 1. The molecule has 3 aromatic carbocycles. The summed E-state index contributed by atoms with van der Waals surface area (Å²) in [6.45, 7) is 1.36. The molecule has 2 N–H and O–H groups in total. The molecule has 0 saturated carbocycles. The van der Waals surface area contributed by atoms with Gasteiger partial charge in [-0.3, -0.25) is 4.79 Å². The number of azide groups is 1. The standard InChI is InChI=1S/C30H33N5O5/c1-38-19-7-17-32-29(37)30(21-22-9-3-2-4-10-22)27(25-11-5-6-12-26(25)34-35-31)40-28(33-30)23-13-15-24(16-14-23)39-20-8-18-36/h2-6,9-16,27,36H,7-8,17-21H2,1H3,(H,32,37)/t27-,30-/m1/s1. The number of aliphatic imine (C=N–C) groups is 1. The van der Waals surface area contributed by atoms with Gasteiger partial charge >= 0.3 is 0 Å². The summed E-state index contributed by atoms with van der Waals surface area (Å²) in [5.41, 5.74) is 10.3. The maximum atomic E-state index is 14.1. The second-order valence-electron chi connectivity index (χ2n) is 9.30. The summed E-state index contributed by atoms with van der Waals surface area (Å²) < 4.78 is 17.3. The first-order valence-electron chi connectivity index (χ1n) is 13.2. The fourth-order valence-corrected chi connectivity index (χ4v) is 4.59. The molecule has 2 atom stereocenters. The van der Waals surface area contributed by atoms with E-state index < -0.39 is 11.6 Å². The van der Waals surface area contributed by atoms with Crippen molar-refractivity contribution in [2.75, 3.05) is 33.5 Å². The van der Waals surface area contributed by atoms with Gasteiger partial charge in [-0.1, -0.05) is 59.7 Å². The first-order chi connectivity index (χ1) is 19.6. The number of rotatable bonds is 14. The van der Waals surface area contributed by atoms with Crippen molar-refractivity contribution in [3.63, 3.8) is 0 Å². The summed E-state index contributed by atoms with van der Waals surface area (Å²) in [5, 5.41) is 15.9. The Morgan fingerprint density at radius 1 is 1.07 bits per heavy atom. The van der Waals surface area contributed by atoms with E-state index in [1.165, 1.54) is 0 Å². The minimum atomic E-state index is -1.39. The topological polar surface area (TPSA) is 138 Å². The fourth-order valence-electron chi connectivity index (χ4n) is 4.59. The maximum absolute atomic E-state index is 14.1. The van der Waals surface area contributed by atoms with Gasteiger partial charge in [0.1, 0.15) is 5.75 Å². The zero-order valence-corrected chi connectivity index (χ0v) is 22.4. The number of nitrogens with one attached hydrogen (secondary N) is 1. The van der Waals surface area contributed by atoms with Gasteiger partial charge in [-0.05, 0) is 41.8 Å². The molecule has 10 nitrogen and oxygen atoms in total. The Morgan fingerprint density at radius 3 is 2.55 bits per heavy atom. The van der Waals surface area contributed by atoms with Crippen molar-refractivity contribution in [3.8, 4) is 5.75 Å². The number of amides is 1. The molecule has 0 radical (unpaired) electrons. The Labute approximate surface area is 233 Å². The van der Waals surface area contributed by atoms with Crippen molar-refractivity contribution in [3.05, 3.63) is 106 Å². The predicted molar refractivity (Wildman–Crippen MR) is 152 cm³/mol. The molecule has 0 saturated heterocycles. The van der Waals surface area contributed by atoms with Gasteiger partial charge in [0.15, 0.2) is 11.6 Å². The average molecular weight is 544 g/mol. The molecule has 1 amide bonds. The largest absolute Gasteiger partial charge is 0.494 e. The molecule has 40 heavy (non-hydrogen) atoms. The molecule has 0 spiro atoms. The molecular formula is C30H33N5O5. The van der Waals surface area contributed by atoms with Crippen LogP contribution in [0.15, 0.2) is 89.0 Å². The first-order valence-corrected chi connectivity index (χ1v) is 13.2. The molecule has 0 unspecified atom stereocenters. The number of ether oxygens (including phenoxy) is 3. The van der Waals surface area contributed by atoms with Crippen molar-refractivity contribution < 1.29 is 24.1 Å². The minimum absolute atomic E-state index is 0.0540. The van der Waals surface area contributed by atoms with Crippen LogP contribution in [-0.4, -0.2) is 55.9 Å². The fraction of sp³-hybridized carbons (Fsp3) is 0.333. The van der Waals surface area contributed by atoms with Gasteiger partial charge in [0.25, 0.3) is 5.91 Å². The number of hydrogen-bond donors (Lipinski definition) is 2. The maximum Gasteiger partial charge on any atom is 0.252 e. The molecule has 208 valence electrons. The predicted octanol–water partition coefficient (Wildman–Crippen LogP) is 5.04. The van der Waals surface area contributed by atoms with E-state index >= 15 is 0 Å². The lowest BCUT2D eigenvalue weighted by atomic mass is 9.81. The molecule has 3 aromatic rings. The molecular weight excluding hydrogens is 510 g/mol. The lowest BCUT2D eigenvalue weighted by Crippen LogP contribution is -2.50. The zero-order chi connectivity index (χ0) is 28.2. The first kappa shape index (κ1) is 28.6. The summed E-state index contributed by atoms with van der Waals surface area (Å²) in [4.78, 5) is 22.1. The molecule has 4 rings (SSSR count). The highest BCUT2D eigenvalue weighted by molar-refractivity contribution is 6.01. The van der Waals surface area contributed by atoms with Gasteiger partial charge in [0.05, 0.1) is 6.61 Å². The number of methoxy groups -OCH3 is 1. The number of carbonyl (C=O) groups excluding carboxylic acids is 1. The van der Waals surface area contributed by atoms with E-state index in [0.29, 0.717) is 61.1 Å². The molecule has 1 aliphatic rings. The van der Waals surface area contributed by atoms with E-state index in [0.717, 1.165) is 5.56 Å². The van der Waals surface area contributed by atoms with Crippen molar-refractivity contribution >= 4 is 17.5 Å². The molecule has 1 aliphatic heterocycles. The van der Waals surface area contributed by atoms with Crippen LogP contribution in [0.4, 0.5) is 5.69 Å². The number of benzene rings is 3. The normalized spacial score (nSPS) is 17.9. The Kier molecular flexibility index (Phi) is 10.1. The third-order valence-corrected chi connectivity index (χ3v) is 6.53. The summed E-state index contributed by atoms with van der Waals surface area (Å²) in [6.07, 6.45) is 0.558. The van der Waals surface area contributed by atoms with Crippen molar-refractivity contribution in [2.24, 2.45) is 10.1 Å². The van der Waals surface area contributed by atoms with E-state index in [1.54, 1.807) is 37.4 Å². The van der Waals surface area contributed by atoms with Crippen LogP contribution in [-0.2, 0) is 20.7 Å². The highest BCUT2D eigenvalue weighted by Gasteiger charge is 2.53. The van der Waals surface area contributed by atoms with Crippen LogP contribution in [0.25, 0.3) is 10.4 Å². The van der Waals surface area contributed by atoms with Crippen molar-refractivity contribution in [1.29, 1.82) is 0 Å². The number of aliphatic hydroxyl groups is 1. The number of carbonyl (C=O) groups is 1. The van der Waals surface area contributed by atoms with Gasteiger partial charge in [0.2, 0.25) is 5.90 Å². The second-order valence-corrected chi connectivity index (χ2v) is 9.30. The molecule has 0 aromatic heterocycles. The van der Waals surface area contributed by atoms with Crippen LogP contribution in [0, 0.1) is 0 Å². The van der Waals surface area contributed by atoms with E-state index in [9.17, 15) is 10.3 Å². The van der Waals surface area contributed by atoms with Gasteiger partial charge in [-0.2, -0.15) is 0 Å². The highest BCUT2D eigenvalue weighted by Crippen LogP contribution is 2.45. The molecule has 10 heteroatoms. The number of hydrogen-bond acceptors (Lipinski definition) is 7. The Morgan fingerprint density at radius 2 is 1.82 bits per heavy atom. The van der Waals surface area contributed by atoms with Crippen molar-refractivity contribution in [1.82, 2.24) is 5.32 Å². The van der Waals surface area contributed by atoms with Gasteiger partial charge in [-0.25, -0.2) is 4.99 Å². The summed E-state index contributed by atoms with van der Waals surface area (Å²) in [5.74, 6) is 0.644. The molecule has 0 aliphatic carbocycles. The van der Waals surface area contributed by atoms with E-state index in [4.69, 9.17) is 24.3 Å². The van der Waals surface area contributed by atoms with Crippen LogP contribution in [0.3, 0.4) is 0 Å². The van der Waals surface area contributed by atoms with Gasteiger partial charge < -0.3 is 24.6 Å². The van der Waals surface area contributed by atoms with Crippen molar-refractivity contribution in [2.45, 2.75) is 30.9 Å². The SMILES string of the molecule is COCCCNC(=O)[C@]1(Cc2ccccc2)N=C(c2ccc(OCCCO)cc2)O[C@@H]1c1ccccc1N=[N+]=[N-]. The van der Waals surface area contributed by atoms with E-state index in [2.05, 4.69) is 15.3 Å². The van der Waals surface area contributed by atoms with Gasteiger partial charge in [0, 0.05) is 61.4 Å². The molecule has 0 fully saturated rings. The van der Waals surface area contributed by atoms with E-state index in [1.807, 2.05) is 48.5 Å². The lowest BCUT2D eigenvalue weighted by molar-refractivity contribution is -0.128. The van der Waals surface area contributed by atoms with Crippen LogP contribution in [0.1, 0.15) is 35.6 Å². The quantitative estimate of drug-likeness (QED) is 0.127. The third-order valence-electron chi connectivity index (χ3n) is 6.53. The second kappa shape index (κ2) is 14.1. The van der Waals surface area contributed by atoms with Crippen LogP contribution in [0.2, 0.25) is 0 Å². The third kappa shape index (κ3) is 6.79. The van der Waals surface area contributed by atoms with Crippen LogP contribution < -0.4 is 10.1 Å². The molecule has 1 heterocycles. The molecule has 0 bridgehead atoms. The zero-order valence-electron chi connectivity index (χ0n) is 22.4. The van der Waals surface area contributed by atoms with Crippen LogP contribution in [0.5, 0.6) is 5.75 Å². The Hall–Kier alpha value is -4.37. The monoisotopic (exact) mass is 543 g/mol. The van der Waals surface area contributed by atoms with Crippen LogP contribution >= 0.6 is 0 Å². The minimum Gasteiger partial charge on any atom is -0.494 e. The highest BCUT2D eigenvalue weighted by atomic mass is 16.5. The van der Waals surface area contributed by atoms with E-state index in [-0.39, 0.29) is 18.9 Å². The average Bonchev–Trinajstić information content (AvgIpc) is 3.37. The summed E-state index contributed by atoms with van der Waals surface area (Å²) in [7, 11) is 1.62. The summed E-state index contributed by atoms with van der Waals surface area (Å²) >= 11 is 0. The Bertz CT molecular complexity index is 1340. The van der Waals surface area contributed by atoms with Gasteiger partial charge in [-0.15, -0.1) is 0 Å². The smallest absolute Gasteiger partial charge is 0.252 e. The lowest BCUT2D eigenvalue weighted by Gasteiger charge is -2.31.